The molecule has 1 aliphatic heterocycles. The molecule has 0 bridgehead atoms. The number of Topliss-reactive ketones (excluding diaryl/α,β-unsaturated/α-hetero) is 1. The summed E-state index contributed by atoms with van der Waals surface area (Å²) in [5.41, 5.74) is 1.43. The van der Waals surface area contributed by atoms with Gasteiger partial charge < -0.3 is 9.84 Å². The van der Waals surface area contributed by atoms with Crippen LogP contribution in [0.15, 0.2) is 45.3 Å². The maximum Gasteiger partial charge on any atom is 0.170 e. The minimum absolute atomic E-state index is 0.00139. The summed E-state index contributed by atoms with van der Waals surface area (Å²) in [4.78, 5) is 12.3. The summed E-state index contributed by atoms with van der Waals surface area (Å²) in [6, 6.07) is 11.2. The van der Waals surface area contributed by atoms with Crippen molar-refractivity contribution in [2.75, 3.05) is 0 Å². The third-order valence-corrected chi connectivity index (χ3v) is 4.59. The Hall–Kier alpha value is -1.33. The highest BCUT2D eigenvalue weighted by Gasteiger charge is 2.31. The first-order valence-corrected chi connectivity index (χ1v) is 7.62. The van der Waals surface area contributed by atoms with Gasteiger partial charge in [0, 0.05) is 0 Å². The van der Waals surface area contributed by atoms with E-state index in [1.165, 1.54) is 0 Å². The van der Waals surface area contributed by atoms with Gasteiger partial charge in [-0.3, -0.25) is 4.79 Å². The number of halogens is 2. The molecule has 1 unspecified atom stereocenters. The lowest BCUT2D eigenvalue weighted by molar-refractivity contribution is 0.0847. The van der Waals surface area contributed by atoms with E-state index in [1.54, 1.807) is 6.07 Å². The second-order valence-electron chi connectivity index (χ2n) is 4.54. The van der Waals surface area contributed by atoms with E-state index in [0.29, 0.717) is 26.7 Å². The molecule has 1 atom stereocenters. The van der Waals surface area contributed by atoms with Crippen LogP contribution in [0.5, 0.6) is 11.5 Å². The van der Waals surface area contributed by atoms with Gasteiger partial charge in [-0.25, -0.2) is 0 Å². The maximum absolute atomic E-state index is 12.3. The summed E-state index contributed by atoms with van der Waals surface area (Å²) in [5.74, 6) is 0.433. The predicted octanol–water partition coefficient (Wildman–Crippen LogP) is 4.62. The normalized spacial score (nSPS) is 17.5. The van der Waals surface area contributed by atoms with Gasteiger partial charge in [-0.05, 0) is 43.5 Å². The Morgan fingerprint density at radius 3 is 2.60 bits per heavy atom. The molecule has 0 radical (unpaired) electrons. The molecule has 0 amide bonds. The fourth-order valence-corrected chi connectivity index (χ4v) is 3.44. The van der Waals surface area contributed by atoms with E-state index in [9.17, 15) is 9.90 Å². The topological polar surface area (TPSA) is 46.5 Å². The Labute approximate surface area is 132 Å². The Balaban J connectivity index is 2.07. The zero-order valence-corrected chi connectivity index (χ0v) is 13.4. The largest absolute Gasteiger partial charge is 0.505 e. The molecule has 0 spiro atoms. The van der Waals surface area contributed by atoms with Crippen molar-refractivity contribution in [3.8, 4) is 11.5 Å². The summed E-state index contributed by atoms with van der Waals surface area (Å²) >= 11 is 6.51. The molecule has 3 nitrogen and oxygen atoms in total. The van der Waals surface area contributed by atoms with E-state index < -0.39 is 0 Å². The summed E-state index contributed by atoms with van der Waals surface area (Å²) < 4.78 is 6.78. The van der Waals surface area contributed by atoms with Gasteiger partial charge in [0.1, 0.15) is 22.1 Å². The first-order valence-electron chi connectivity index (χ1n) is 6.03. The van der Waals surface area contributed by atoms with E-state index >= 15 is 0 Å². The smallest absolute Gasteiger partial charge is 0.170 e. The van der Waals surface area contributed by atoms with Gasteiger partial charge in [-0.2, -0.15) is 0 Å². The highest BCUT2D eigenvalue weighted by molar-refractivity contribution is 9.11. The number of rotatable bonds is 1. The average Bonchev–Trinajstić information content (AvgIpc) is 2.47. The summed E-state index contributed by atoms with van der Waals surface area (Å²) in [6.07, 6.45) is -0.0335. The van der Waals surface area contributed by atoms with Crippen molar-refractivity contribution in [1.29, 1.82) is 0 Å². The van der Waals surface area contributed by atoms with Crippen molar-refractivity contribution in [3.63, 3.8) is 0 Å². The van der Waals surface area contributed by atoms with Gasteiger partial charge in [0.15, 0.2) is 5.78 Å². The van der Waals surface area contributed by atoms with Crippen molar-refractivity contribution in [2.45, 2.75) is 12.5 Å². The Bertz CT molecular complexity index is 683. The van der Waals surface area contributed by atoms with Gasteiger partial charge in [0.05, 0.1) is 16.5 Å². The number of phenolic OH excluding ortho intramolecular Hbond substituents is 1. The fourth-order valence-electron chi connectivity index (χ4n) is 2.23. The van der Waals surface area contributed by atoms with Crippen LogP contribution in [0.4, 0.5) is 0 Å². The summed E-state index contributed by atoms with van der Waals surface area (Å²) in [6.45, 7) is 0. The Morgan fingerprint density at radius 2 is 1.90 bits per heavy atom. The zero-order chi connectivity index (χ0) is 14.3. The van der Waals surface area contributed by atoms with Crippen molar-refractivity contribution >= 4 is 37.6 Å². The standard InChI is InChI=1S/C15H10Br2O3/c16-10-6-9-11(18)7-12(8-4-2-1-3-5-8)20-15(9)13(17)14(10)19/h1-6,12,19H,7H2. The highest BCUT2D eigenvalue weighted by Crippen LogP contribution is 2.46. The molecule has 1 N–H and O–H groups in total. The van der Waals surface area contributed by atoms with Crippen molar-refractivity contribution in [3.05, 3.63) is 56.5 Å². The molecule has 0 saturated carbocycles. The van der Waals surface area contributed by atoms with Crippen LogP contribution >= 0.6 is 31.9 Å². The number of carbonyl (C=O) groups is 1. The van der Waals surface area contributed by atoms with Crippen LogP contribution in [-0.2, 0) is 0 Å². The number of hydrogen-bond donors (Lipinski definition) is 1. The number of ether oxygens (including phenoxy) is 1. The molecule has 0 saturated heterocycles. The summed E-state index contributed by atoms with van der Waals surface area (Å²) in [5, 5.41) is 9.92. The Morgan fingerprint density at radius 1 is 1.20 bits per heavy atom. The second-order valence-corrected chi connectivity index (χ2v) is 6.19. The number of benzene rings is 2. The van der Waals surface area contributed by atoms with Crippen LogP contribution in [0.3, 0.4) is 0 Å². The van der Waals surface area contributed by atoms with E-state index in [0.717, 1.165) is 5.56 Å². The molecule has 0 fully saturated rings. The number of aromatic hydroxyl groups is 1. The Kier molecular flexibility index (Phi) is 3.56. The third-order valence-electron chi connectivity index (χ3n) is 3.25. The average molecular weight is 398 g/mol. The van der Waals surface area contributed by atoms with Crippen molar-refractivity contribution < 1.29 is 14.6 Å². The molecule has 1 heterocycles. The first kappa shape index (κ1) is 13.6. The number of ketones is 1. The minimum atomic E-state index is -0.326. The van der Waals surface area contributed by atoms with Gasteiger partial charge in [-0.1, -0.05) is 30.3 Å². The van der Waals surface area contributed by atoms with Gasteiger partial charge in [0.2, 0.25) is 0 Å². The van der Waals surface area contributed by atoms with Crippen molar-refractivity contribution in [2.24, 2.45) is 0 Å². The van der Waals surface area contributed by atoms with Crippen LogP contribution in [0.1, 0.15) is 28.4 Å². The molecule has 0 aliphatic carbocycles. The monoisotopic (exact) mass is 396 g/mol. The molecule has 20 heavy (non-hydrogen) atoms. The maximum atomic E-state index is 12.3. The third kappa shape index (κ3) is 2.25. The fraction of sp³-hybridized carbons (Fsp3) is 0.133. The SMILES string of the molecule is O=C1CC(c2ccccc2)Oc2c1cc(Br)c(O)c2Br. The van der Waals surface area contributed by atoms with Gasteiger partial charge in [0.25, 0.3) is 0 Å². The molecule has 1 aliphatic rings. The summed E-state index contributed by atoms with van der Waals surface area (Å²) in [7, 11) is 0. The van der Waals surface area contributed by atoms with Crippen LogP contribution in [-0.4, -0.2) is 10.9 Å². The molecule has 2 aromatic carbocycles. The van der Waals surface area contributed by atoms with Crippen LogP contribution in [0.25, 0.3) is 0 Å². The zero-order valence-electron chi connectivity index (χ0n) is 10.3. The van der Waals surface area contributed by atoms with Crippen LogP contribution in [0.2, 0.25) is 0 Å². The number of hydrogen-bond acceptors (Lipinski definition) is 3. The predicted molar refractivity (Wildman–Crippen MR) is 82.3 cm³/mol. The van der Waals surface area contributed by atoms with Crippen molar-refractivity contribution in [1.82, 2.24) is 0 Å². The van der Waals surface area contributed by atoms with E-state index in [4.69, 9.17) is 4.74 Å². The number of carbonyl (C=O) groups excluding carboxylic acids is 1. The molecule has 2 aromatic rings. The highest BCUT2D eigenvalue weighted by atomic mass is 79.9. The molecule has 102 valence electrons. The molecule has 3 rings (SSSR count). The second kappa shape index (κ2) is 5.22. The van der Waals surface area contributed by atoms with E-state index in [1.807, 2.05) is 30.3 Å². The quantitative estimate of drug-likeness (QED) is 0.763. The van der Waals surface area contributed by atoms with Gasteiger partial charge >= 0.3 is 0 Å². The molecule has 5 heteroatoms. The minimum Gasteiger partial charge on any atom is -0.505 e. The first-order chi connectivity index (χ1) is 9.58. The van der Waals surface area contributed by atoms with Crippen LogP contribution in [0, 0.1) is 0 Å². The van der Waals surface area contributed by atoms with Crippen LogP contribution < -0.4 is 4.74 Å². The lowest BCUT2D eigenvalue weighted by Gasteiger charge is -2.27. The lowest BCUT2D eigenvalue weighted by atomic mass is 9.96. The number of phenols is 1. The van der Waals surface area contributed by atoms with Gasteiger partial charge in [-0.15, -0.1) is 0 Å². The molecular formula is C15H10Br2O3. The lowest BCUT2D eigenvalue weighted by Crippen LogP contribution is -2.20. The van der Waals surface area contributed by atoms with E-state index in [2.05, 4.69) is 31.9 Å². The molecular weight excluding hydrogens is 388 g/mol. The van der Waals surface area contributed by atoms with E-state index in [-0.39, 0.29) is 17.6 Å². The number of fused-ring (bicyclic) bond motifs is 1. The molecule has 0 aromatic heterocycles.